The van der Waals surface area contributed by atoms with E-state index in [0.29, 0.717) is 0 Å². The number of amides is 1. The van der Waals surface area contributed by atoms with Crippen molar-refractivity contribution in [1.29, 1.82) is 0 Å². The number of carbonyl (C=O) groups excluding carboxylic acids is 1. The van der Waals surface area contributed by atoms with E-state index in [2.05, 4.69) is 10.3 Å². The van der Waals surface area contributed by atoms with Gasteiger partial charge in [0.1, 0.15) is 6.04 Å². The summed E-state index contributed by atoms with van der Waals surface area (Å²) in [5, 5.41) is 2.80. The molecule has 0 aliphatic heterocycles. The van der Waals surface area contributed by atoms with Gasteiger partial charge in [0.05, 0.1) is 0 Å². The molecule has 0 saturated heterocycles. The van der Waals surface area contributed by atoms with Gasteiger partial charge in [-0.3, -0.25) is 4.79 Å². The SMILES string of the molecule is CNC(C(N)=O)c1ccc[nH]1. The molecular weight excluding hydrogens is 142 g/mol. The second-order valence-electron chi connectivity index (χ2n) is 2.25. The molecule has 4 N–H and O–H groups in total. The smallest absolute Gasteiger partial charge is 0.240 e. The van der Waals surface area contributed by atoms with E-state index < -0.39 is 6.04 Å². The Balaban J connectivity index is 2.79. The predicted octanol–water partition coefficient (Wildman–Crippen LogP) is -0.240. The summed E-state index contributed by atoms with van der Waals surface area (Å²) in [6.07, 6.45) is 1.75. The Morgan fingerprint density at radius 2 is 2.55 bits per heavy atom. The highest BCUT2D eigenvalue weighted by atomic mass is 16.1. The van der Waals surface area contributed by atoms with Crippen LogP contribution in [0.15, 0.2) is 18.3 Å². The van der Waals surface area contributed by atoms with Crippen molar-refractivity contribution in [2.75, 3.05) is 7.05 Å². The van der Waals surface area contributed by atoms with Crippen molar-refractivity contribution >= 4 is 5.91 Å². The number of hydrogen-bond acceptors (Lipinski definition) is 2. The monoisotopic (exact) mass is 153 g/mol. The first-order chi connectivity index (χ1) is 5.25. The van der Waals surface area contributed by atoms with Crippen molar-refractivity contribution in [3.63, 3.8) is 0 Å². The van der Waals surface area contributed by atoms with Crippen LogP contribution in [0, 0.1) is 0 Å². The minimum atomic E-state index is -0.412. The van der Waals surface area contributed by atoms with Gasteiger partial charge in [-0.2, -0.15) is 0 Å². The fourth-order valence-corrected chi connectivity index (χ4v) is 0.975. The number of H-pyrrole nitrogens is 1. The number of primary amides is 1. The molecule has 1 amide bonds. The first-order valence-electron chi connectivity index (χ1n) is 3.35. The first-order valence-corrected chi connectivity index (χ1v) is 3.35. The van der Waals surface area contributed by atoms with E-state index in [1.165, 1.54) is 0 Å². The Bertz CT molecular complexity index is 230. The summed E-state index contributed by atoms with van der Waals surface area (Å²) < 4.78 is 0. The average Bonchev–Trinajstić information content (AvgIpc) is 2.40. The van der Waals surface area contributed by atoms with Crippen LogP contribution in [-0.4, -0.2) is 17.9 Å². The molecule has 1 aromatic heterocycles. The lowest BCUT2D eigenvalue weighted by molar-refractivity contribution is -0.120. The number of hydrogen-bond donors (Lipinski definition) is 3. The van der Waals surface area contributed by atoms with Crippen LogP contribution in [0.25, 0.3) is 0 Å². The molecular formula is C7H11N3O. The van der Waals surface area contributed by atoms with Gasteiger partial charge in [0.15, 0.2) is 0 Å². The van der Waals surface area contributed by atoms with Gasteiger partial charge in [-0.25, -0.2) is 0 Å². The van der Waals surface area contributed by atoms with Gasteiger partial charge in [-0.05, 0) is 19.2 Å². The molecule has 1 heterocycles. The van der Waals surface area contributed by atoms with Gasteiger partial charge in [-0.15, -0.1) is 0 Å². The minimum absolute atomic E-state index is 0.380. The average molecular weight is 153 g/mol. The van der Waals surface area contributed by atoms with Gasteiger partial charge in [0.2, 0.25) is 5.91 Å². The largest absolute Gasteiger partial charge is 0.368 e. The summed E-state index contributed by atoms with van der Waals surface area (Å²) in [4.78, 5) is 13.7. The van der Waals surface area contributed by atoms with Crippen LogP contribution < -0.4 is 11.1 Å². The van der Waals surface area contributed by atoms with Gasteiger partial charge < -0.3 is 16.0 Å². The number of nitrogens with two attached hydrogens (primary N) is 1. The molecule has 0 aliphatic rings. The van der Waals surface area contributed by atoms with Crippen LogP contribution in [0.2, 0.25) is 0 Å². The van der Waals surface area contributed by atoms with Crippen LogP contribution in [-0.2, 0) is 4.79 Å². The van der Waals surface area contributed by atoms with E-state index in [-0.39, 0.29) is 5.91 Å². The fourth-order valence-electron chi connectivity index (χ4n) is 0.975. The zero-order chi connectivity index (χ0) is 8.27. The van der Waals surface area contributed by atoms with Crippen LogP contribution in [0.4, 0.5) is 0 Å². The molecule has 0 saturated carbocycles. The van der Waals surface area contributed by atoms with Crippen molar-refractivity contribution in [2.24, 2.45) is 5.73 Å². The molecule has 4 nitrogen and oxygen atoms in total. The third kappa shape index (κ3) is 1.59. The molecule has 11 heavy (non-hydrogen) atoms. The maximum atomic E-state index is 10.8. The molecule has 60 valence electrons. The lowest BCUT2D eigenvalue weighted by atomic mass is 10.2. The van der Waals surface area contributed by atoms with Crippen LogP contribution in [0.5, 0.6) is 0 Å². The van der Waals surface area contributed by atoms with E-state index >= 15 is 0 Å². The highest BCUT2D eigenvalue weighted by molar-refractivity contribution is 5.80. The second kappa shape index (κ2) is 3.21. The molecule has 1 aromatic rings. The summed E-state index contributed by atoms with van der Waals surface area (Å²) in [5.41, 5.74) is 5.91. The topological polar surface area (TPSA) is 70.9 Å². The fraction of sp³-hybridized carbons (Fsp3) is 0.286. The zero-order valence-corrected chi connectivity index (χ0v) is 6.29. The van der Waals surface area contributed by atoms with Crippen molar-refractivity contribution < 1.29 is 4.79 Å². The molecule has 0 spiro atoms. The summed E-state index contributed by atoms with van der Waals surface area (Å²) in [6.45, 7) is 0. The van der Waals surface area contributed by atoms with Crippen molar-refractivity contribution in [3.8, 4) is 0 Å². The molecule has 0 radical (unpaired) electrons. The zero-order valence-electron chi connectivity index (χ0n) is 6.29. The Labute approximate surface area is 64.8 Å². The lowest BCUT2D eigenvalue weighted by Gasteiger charge is -2.08. The third-order valence-electron chi connectivity index (χ3n) is 1.51. The molecule has 1 atom stereocenters. The van der Waals surface area contributed by atoms with Gasteiger partial charge in [-0.1, -0.05) is 0 Å². The Morgan fingerprint density at radius 3 is 2.91 bits per heavy atom. The predicted molar refractivity (Wildman–Crippen MR) is 41.8 cm³/mol. The second-order valence-corrected chi connectivity index (χ2v) is 2.25. The highest BCUT2D eigenvalue weighted by Crippen LogP contribution is 2.07. The maximum Gasteiger partial charge on any atom is 0.240 e. The standard InChI is InChI=1S/C7H11N3O/c1-9-6(7(8)11)5-3-2-4-10-5/h2-4,6,9-10H,1H3,(H2,8,11). The third-order valence-corrected chi connectivity index (χ3v) is 1.51. The molecule has 0 fully saturated rings. The maximum absolute atomic E-state index is 10.8. The van der Waals surface area contributed by atoms with E-state index in [1.54, 1.807) is 13.2 Å². The molecule has 0 bridgehead atoms. The summed E-state index contributed by atoms with van der Waals surface area (Å²) in [6, 6.07) is 3.22. The summed E-state index contributed by atoms with van der Waals surface area (Å²) >= 11 is 0. The van der Waals surface area contributed by atoms with Crippen LogP contribution in [0.3, 0.4) is 0 Å². The lowest BCUT2D eigenvalue weighted by Crippen LogP contribution is -2.31. The van der Waals surface area contributed by atoms with E-state index in [0.717, 1.165) is 5.69 Å². The molecule has 1 unspecified atom stereocenters. The molecule has 0 aliphatic carbocycles. The number of rotatable bonds is 3. The van der Waals surface area contributed by atoms with Crippen molar-refractivity contribution in [2.45, 2.75) is 6.04 Å². The number of nitrogens with one attached hydrogen (secondary N) is 2. The Morgan fingerprint density at radius 1 is 1.82 bits per heavy atom. The summed E-state index contributed by atoms with van der Waals surface area (Å²) in [5.74, 6) is -0.380. The van der Waals surface area contributed by atoms with Gasteiger partial charge >= 0.3 is 0 Å². The van der Waals surface area contributed by atoms with E-state index in [1.807, 2.05) is 12.1 Å². The molecule has 4 heteroatoms. The minimum Gasteiger partial charge on any atom is -0.368 e. The quantitative estimate of drug-likeness (QED) is 0.561. The number of aromatic amines is 1. The van der Waals surface area contributed by atoms with Crippen LogP contribution >= 0.6 is 0 Å². The van der Waals surface area contributed by atoms with Crippen molar-refractivity contribution in [1.82, 2.24) is 10.3 Å². The number of likely N-dealkylation sites (N-methyl/N-ethyl adjacent to an activating group) is 1. The number of aromatic nitrogens is 1. The first kappa shape index (κ1) is 7.81. The Kier molecular flexibility index (Phi) is 2.28. The Hall–Kier alpha value is -1.29. The van der Waals surface area contributed by atoms with E-state index in [9.17, 15) is 4.79 Å². The van der Waals surface area contributed by atoms with Crippen LogP contribution in [0.1, 0.15) is 11.7 Å². The van der Waals surface area contributed by atoms with Crippen molar-refractivity contribution in [3.05, 3.63) is 24.0 Å². The van der Waals surface area contributed by atoms with E-state index in [4.69, 9.17) is 5.73 Å². The summed E-state index contributed by atoms with van der Waals surface area (Å²) in [7, 11) is 1.69. The number of carbonyl (C=O) groups is 1. The van der Waals surface area contributed by atoms with Gasteiger partial charge in [0, 0.05) is 11.9 Å². The molecule has 0 aromatic carbocycles. The molecule has 1 rings (SSSR count). The van der Waals surface area contributed by atoms with Gasteiger partial charge in [0.25, 0.3) is 0 Å². The highest BCUT2D eigenvalue weighted by Gasteiger charge is 2.14. The normalized spacial score (nSPS) is 12.8.